The van der Waals surface area contributed by atoms with Crippen molar-refractivity contribution in [3.63, 3.8) is 0 Å². The highest BCUT2D eigenvalue weighted by Gasteiger charge is 2.34. The first-order valence-corrected chi connectivity index (χ1v) is 8.90. The van der Waals surface area contributed by atoms with Gasteiger partial charge in [0.2, 0.25) is 0 Å². The zero-order valence-corrected chi connectivity index (χ0v) is 15.5. The van der Waals surface area contributed by atoms with Gasteiger partial charge in [-0.15, -0.1) is 6.58 Å². The molecule has 1 aliphatic rings. The third-order valence-corrected chi connectivity index (χ3v) is 5.43. The molecule has 122 valence electrons. The summed E-state index contributed by atoms with van der Waals surface area (Å²) in [5, 5.41) is 0.272. The van der Waals surface area contributed by atoms with Gasteiger partial charge in [-0.2, -0.15) is 0 Å². The summed E-state index contributed by atoms with van der Waals surface area (Å²) in [6.45, 7) is 3.74. The monoisotopic (exact) mass is 423 g/mol. The first kappa shape index (κ1) is 17.1. The van der Waals surface area contributed by atoms with Crippen molar-refractivity contribution in [2.24, 2.45) is 0 Å². The Morgan fingerprint density at radius 2 is 2.08 bits per heavy atom. The number of thioether (sulfide) groups is 1. The predicted octanol–water partition coefficient (Wildman–Crippen LogP) is 5.58. The summed E-state index contributed by atoms with van der Waals surface area (Å²) in [6.07, 6.45) is 3.08. The molecular weight excluding hydrogens is 414 g/mol. The molecule has 4 nitrogen and oxygen atoms in total. The van der Waals surface area contributed by atoms with E-state index < -0.39 is 0 Å². The number of halogens is 2. The second-order valence-electron chi connectivity index (χ2n) is 4.91. The van der Waals surface area contributed by atoms with Crippen molar-refractivity contribution in [2.75, 3.05) is 6.54 Å². The van der Waals surface area contributed by atoms with Crippen LogP contribution >= 0.6 is 39.3 Å². The molecule has 1 aromatic carbocycles. The van der Waals surface area contributed by atoms with Crippen LogP contribution in [0, 0.1) is 0 Å². The van der Waals surface area contributed by atoms with E-state index in [4.69, 9.17) is 16.0 Å². The van der Waals surface area contributed by atoms with E-state index >= 15 is 0 Å². The number of benzene rings is 1. The lowest BCUT2D eigenvalue weighted by Gasteiger charge is -2.07. The maximum atomic E-state index is 12.2. The quantitative estimate of drug-likeness (QED) is 0.474. The Labute approximate surface area is 156 Å². The van der Waals surface area contributed by atoms with Crippen LogP contribution in [0.3, 0.4) is 0 Å². The number of hydrogen-bond donors (Lipinski definition) is 0. The normalized spacial score (nSPS) is 16.2. The molecule has 1 aromatic heterocycles. The average molecular weight is 425 g/mol. The van der Waals surface area contributed by atoms with Crippen molar-refractivity contribution in [3.05, 3.63) is 63.1 Å². The first-order chi connectivity index (χ1) is 11.5. The van der Waals surface area contributed by atoms with Crippen molar-refractivity contribution in [1.82, 2.24) is 4.90 Å². The number of carbonyl (C=O) groups excluding carboxylic acids is 2. The van der Waals surface area contributed by atoms with Crippen molar-refractivity contribution in [3.8, 4) is 11.3 Å². The smallest absolute Gasteiger partial charge is 0.293 e. The summed E-state index contributed by atoms with van der Waals surface area (Å²) in [6, 6.07) is 9.02. The van der Waals surface area contributed by atoms with E-state index in [1.165, 1.54) is 6.08 Å². The summed E-state index contributed by atoms with van der Waals surface area (Å²) in [5.41, 5.74) is 0.822. The van der Waals surface area contributed by atoms with Crippen LogP contribution in [0.5, 0.6) is 0 Å². The molecule has 0 saturated carbocycles. The molecule has 7 heteroatoms. The summed E-state index contributed by atoms with van der Waals surface area (Å²) in [4.78, 5) is 25.4. The molecule has 24 heavy (non-hydrogen) atoms. The minimum Gasteiger partial charge on any atom is -0.457 e. The van der Waals surface area contributed by atoms with E-state index in [9.17, 15) is 9.59 Å². The van der Waals surface area contributed by atoms with Crippen molar-refractivity contribution < 1.29 is 14.0 Å². The minimum absolute atomic E-state index is 0.197. The van der Waals surface area contributed by atoms with Gasteiger partial charge in [0.05, 0.1) is 9.93 Å². The Morgan fingerprint density at radius 3 is 2.79 bits per heavy atom. The molecule has 0 radical (unpaired) electrons. The van der Waals surface area contributed by atoms with Crippen LogP contribution in [-0.4, -0.2) is 22.6 Å². The first-order valence-electron chi connectivity index (χ1n) is 6.91. The van der Waals surface area contributed by atoms with Gasteiger partial charge in [-0.3, -0.25) is 14.5 Å². The van der Waals surface area contributed by atoms with E-state index in [2.05, 4.69) is 22.5 Å². The van der Waals surface area contributed by atoms with Gasteiger partial charge in [-0.25, -0.2) is 0 Å². The molecule has 0 atom stereocenters. The minimum atomic E-state index is -0.338. The Morgan fingerprint density at radius 1 is 1.29 bits per heavy atom. The largest absolute Gasteiger partial charge is 0.457 e. The number of rotatable bonds is 4. The zero-order valence-electron chi connectivity index (χ0n) is 12.3. The lowest BCUT2D eigenvalue weighted by molar-refractivity contribution is -0.122. The highest BCUT2D eigenvalue weighted by atomic mass is 79.9. The molecule has 0 unspecified atom stereocenters. The highest BCUT2D eigenvalue weighted by molar-refractivity contribution is 9.10. The summed E-state index contributed by atoms with van der Waals surface area (Å²) >= 11 is 10.3. The lowest BCUT2D eigenvalue weighted by atomic mass is 10.2. The molecule has 1 aliphatic heterocycles. The molecule has 3 rings (SSSR count). The Hall–Kier alpha value is -1.76. The molecule has 0 aliphatic carbocycles. The fourth-order valence-electron chi connectivity index (χ4n) is 2.15. The fraction of sp³-hybridized carbons (Fsp3) is 0.0588. The van der Waals surface area contributed by atoms with Crippen LogP contribution in [0.2, 0.25) is 5.02 Å². The van der Waals surface area contributed by atoms with Gasteiger partial charge in [0.15, 0.2) is 0 Å². The molecule has 1 fully saturated rings. The molecule has 0 spiro atoms. The zero-order chi connectivity index (χ0) is 17.3. The van der Waals surface area contributed by atoms with Gasteiger partial charge in [-0.1, -0.05) is 23.7 Å². The maximum absolute atomic E-state index is 12.2. The number of imide groups is 1. The molecule has 2 amide bonds. The number of furan rings is 1. The van der Waals surface area contributed by atoms with Crippen LogP contribution in [-0.2, 0) is 4.79 Å². The summed E-state index contributed by atoms with van der Waals surface area (Å²) < 4.78 is 6.54. The number of nitrogens with zero attached hydrogens (tertiary/aromatic N) is 1. The van der Waals surface area contributed by atoms with Crippen molar-refractivity contribution in [1.29, 1.82) is 0 Å². The van der Waals surface area contributed by atoms with E-state index in [1.54, 1.807) is 24.3 Å². The lowest BCUT2D eigenvalue weighted by Crippen LogP contribution is -2.27. The fourth-order valence-corrected chi connectivity index (χ4v) is 3.41. The standard InChI is InChI=1S/C17H11BrClNO3S/c1-2-7-20-16(21)15(24-17(20)22)9-11-4-6-14(23-11)10-3-5-12(18)13(19)8-10/h2-6,8-9H,1,7H2/b15-9+. The molecule has 1 saturated heterocycles. The van der Waals surface area contributed by atoms with Crippen molar-refractivity contribution in [2.45, 2.75) is 0 Å². The van der Waals surface area contributed by atoms with E-state index in [0.29, 0.717) is 21.4 Å². The van der Waals surface area contributed by atoms with Crippen LogP contribution in [0.25, 0.3) is 17.4 Å². The Balaban J connectivity index is 1.86. The van der Waals surface area contributed by atoms with E-state index in [-0.39, 0.29) is 17.7 Å². The van der Waals surface area contributed by atoms with Crippen LogP contribution in [0.15, 0.2) is 56.8 Å². The molecule has 2 aromatic rings. The van der Waals surface area contributed by atoms with Gasteiger partial charge < -0.3 is 4.42 Å². The second-order valence-corrected chi connectivity index (χ2v) is 7.17. The van der Waals surface area contributed by atoms with Gasteiger partial charge in [-0.05, 0) is 52.0 Å². The summed E-state index contributed by atoms with van der Waals surface area (Å²) in [7, 11) is 0. The van der Waals surface area contributed by atoms with E-state index in [0.717, 1.165) is 26.7 Å². The number of hydrogen-bond acceptors (Lipinski definition) is 4. The maximum Gasteiger partial charge on any atom is 0.293 e. The predicted molar refractivity (Wildman–Crippen MR) is 99.7 cm³/mol. The highest BCUT2D eigenvalue weighted by Crippen LogP contribution is 2.34. The molecule has 0 N–H and O–H groups in total. The molecular formula is C17H11BrClNO3S. The second kappa shape index (κ2) is 7.01. The van der Waals surface area contributed by atoms with Crippen LogP contribution in [0.4, 0.5) is 4.79 Å². The molecule has 2 heterocycles. The third kappa shape index (κ3) is 3.36. The van der Waals surface area contributed by atoms with Gasteiger partial charge in [0.1, 0.15) is 11.5 Å². The van der Waals surface area contributed by atoms with Gasteiger partial charge in [0, 0.05) is 22.7 Å². The van der Waals surface area contributed by atoms with Gasteiger partial charge >= 0.3 is 0 Å². The average Bonchev–Trinajstić information content (AvgIpc) is 3.11. The van der Waals surface area contributed by atoms with E-state index in [1.807, 2.05) is 12.1 Å². The summed E-state index contributed by atoms with van der Waals surface area (Å²) in [5.74, 6) is 0.781. The van der Waals surface area contributed by atoms with Crippen LogP contribution in [0.1, 0.15) is 5.76 Å². The number of carbonyl (C=O) groups is 2. The Bertz CT molecular complexity index is 874. The SMILES string of the molecule is C=CCN1C(=O)S/C(=C/c2ccc(-c3ccc(Br)c(Cl)c3)o2)C1=O. The Kier molecular flexibility index (Phi) is 4.99. The van der Waals surface area contributed by atoms with Gasteiger partial charge in [0.25, 0.3) is 11.1 Å². The van der Waals surface area contributed by atoms with Crippen LogP contribution < -0.4 is 0 Å². The third-order valence-electron chi connectivity index (χ3n) is 3.29. The van der Waals surface area contributed by atoms with Crippen molar-refractivity contribution >= 4 is 56.5 Å². The number of amides is 2. The topological polar surface area (TPSA) is 50.5 Å². The molecule has 0 bridgehead atoms.